The Morgan fingerprint density at radius 1 is 1.38 bits per heavy atom. The Hall–Kier alpha value is -1.88. The zero-order valence-electron chi connectivity index (χ0n) is 12.3. The fraction of sp³-hybridized carbons (Fsp3) is 0.500. The summed E-state index contributed by atoms with van der Waals surface area (Å²) in [6.45, 7) is 2.27. The Labute approximate surface area is 124 Å². The van der Waals surface area contributed by atoms with Gasteiger partial charge in [0.2, 0.25) is 11.8 Å². The molecule has 0 spiro atoms. The van der Waals surface area contributed by atoms with Crippen molar-refractivity contribution < 1.29 is 14.7 Å². The maximum Gasteiger partial charge on any atom is 0.242 e. The van der Waals surface area contributed by atoms with E-state index in [1.807, 2.05) is 18.2 Å². The van der Waals surface area contributed by atoms with Gasteiger partial charge in [0.15, 0.2) is 0 Å². The van der Waals surface area contributed by atoms with Crippen molar-refractivity contribution in [2.24, 2.45) is 0 Å². The van der Waals surface area contributed by atoms with Gasteiger partial charge >= 0.3 is 0 Å². The van der Waals surface area contributed by atoms with Crippen LogP contribution in [-0.4, -0.2) is 29.5 Å². The largest absolute Gasteiger partial charge is 0.385 e. The van der Waals surface area contributed by atoms with Crippen LogP contribution >= 0.6 is 0 Å². The van der Waals surface area contributed by atoms with Crippen LogP contribution in [0.1, 0.15) is 38.2 Å². The normalized spacial score (nSPS) is 21.8. The predicted molar refractivity (Wildman–Crippen MR) is 79.4 cm³/mol. The molecule has 0 radical (unpaired) electrons. The molecule has 1 aromatic carbocycles. The average molecular weight is 290 g/mol. The van der Waals surface area contributed by atoms with Gasteiger partial charge in [-0.2, -0.15) is 0 Å². The first-order valence-electron chi connectivity index (χ1n) is 7.34. The van der Waals surface area contributed by atoms with Crippen molar-refractivity contribution in [1.82, 2.24) is 10.6 Å². The molecule has 1 aromatic rings. The second-order valence-electron chi connectivity index (χ2n) is 5.72. The summed E-state index contributed by atoms with van der Waals surface area (Å²) in [5, 5.41) is 15.9. The van der Waals surface area contributed by atoms with Gasteiger partial charge in [-0.1, -0.05) is 30.3 Å². The summed E-state index contributed by atoms with van der Waals surface area (Å²) in [6.07, 6.45) is 2.41. The van der Waals surface area contributed by atoms with Crippen LogP contribution in [0.25, 0.3) is 0 Å². The van der Waals surface area contributed by atoms with E-state index in [0.717, 1.165) is 12.8 Å². The summed E-state index contributed by atoms with van der Waals surface area (Å²) in [5.41, 5.74) is -0.558. The standard InChI is InChI=1S/C16H22N2O3/c1-16(21,12-7-3-2-4-8-12)11-14(19)18-13-9-5-6-10-17-15(13)20/h2-4,7-8,13,21H,5-6,9-11H2,1H3,(H,17,20)(H,18,19). The van der Waals surface area contributed by atoms with E-state index in [1.54, 1.807) is 19.1 Å². The lowest BCUT2D eigenvalue weighted by Crippen LogP contribution is -2.46. The first-order chi connectivity index (χ1) is 9.99. The molecule has 2 rings (SSSR count). The Morgan fingerprint density at radius 3 is 2.81 bits per heavy atom. The van der Waals surface area contributed by atoms with Gasteiger partial charge < -0.3 is 15.7 Å². The van der Waals surface area contributed by atoms with Gasteiger partial charge in [0, 0.05) is 6.54 Å². The SMILES string of the molecule is CC(O)(CC(=O)NC1CCCCNC1=O)c1ccccc1. The van der Waals surface area contributed by atoms with Crippen LogP contribution in [0.4, 0.5) is 0 Å². The van der Waals surface area contributed by atoms with Gasteiger partial charge in [0.25, 0.3) is 0 Å². The number of hydrogen-bond donors (Lipinski definition) is 3. The molecule has 114 valence electrons. The molecule has 1 fully saturated rings. The minimum Gasteiger partial charge on any atom is -0.385 e. The molecule has 21 heavy (non-hydrogen) atoms. The fourth-order valence-corrected chi connectivity index (χ4v) is 2.53. The van der Waals surface area contributed by atoms with Crippen LogP contribution < -0.4 is 10.6 Å². The third kappa shape index (κ3) is 4.29. The van der Waals surface area contributed by atoms with E-state index in [1.165, 1.54) is 0 Å². The molecule has 1 aliphatic heterocycles. The summed E-state index contributed by atoms with van der Waals surface area (Å²) < 4.78 is 0. The molecular weight excluding hydrogens is 268 g/mol. The monoisotopic (exact) mass is 290 g/mol. The molecule has 2 unspecified atom stereocenters. The van der Waals surface area contributed by atoms with Crippen molar-refractivity contribution in [3.8, 4) is 0 Å². The minimum atomic E-state index is -1.24. The van der Waals surface area contributed by atoms with Crippen LogP contribution in [0.15, 0.2) is 30.3 Å². The van der Waals surface area contributed by atoms with Gasteiger partial charge in [0.05, 0.1) is 12.0 Å². The lowest BCUT2D eigenvalue weighted by molar-refractivity contribution is -0.131. The highest BCUT2D eigenvalue weighted by atomic mass is 16.3. The highest BCUT2D eigenvalue weighted by molar-refractivity contribution is 5.88. The molecule has 0 aromatic heterocycles. The van der Waals surface area contributed by atoms with E-state index in [9.17, 15) is 14.7 Å². The zero-order chi connectivity index (χ0) is 15.3. The van der Waals surface area contributed by atoms with E-state index in [-0.39, 0.29) is 18.2 Å². The minimum absolute atomic E-state index is 0.0687. The Bertz CT molecular complexity index is 500. The molecule has 0 bridgehead atoms. The topological polar surface area (TPSA) is 78.4 Å². The third-order valence-electron chi connectivity index (χ3n) is 3.77. The quantitative estimate of drug-likeness (QED) is 0.776. The van der Waals surface area contributed by atoms with Gasteiger partial charge in [-0.25, -0.2) is 0 Å². The Kier molecular flexibility index (Phi) is 4.96. The van der Waals surface area contributed by atoms with E-state index >= 15 is 0 Å². The smallest absolute Gasteiger partial charge is 0.242 e. The van der Waals surface area contributed by atoms with Crippen LogP contribution in [0.2, 0.25) is 0 Å². The Balaban J connectivity index is 1.96. The Morgan fingerprint density at radius 2 is 2.10 bits per heavy atom. The molecule has 1 saturated heterocycles. The molecule has 2 atom stereocenters. The lowest BCUT2D eigenvalue weighted by atomic mass is 9.92. The van der Waals surface area contributed by atoms with Crippen LogP contribution in [0, 0.1) is 0 Å². The first kappa shape index (κ1) is 15.5. The van der Waals surface area contributed by atoms with Crippen molar-refractivity contribution in [2.75, 3.05) is 6.54 Å². The van der Waals surface area contributed by atoms with Gasteiger partial charge in [-0.3, -0.25) is 9.59 Å². The van der Waals surface area contributed by atoms with Crippen molar-refractivity contribution in [2.45, 2.75) is 44.2 Å². The van der Waals surface area contributed by atoms with E-state index < -0.39 is 11.6 Å². The predicted octanol–water partition coefficient (Wildman–Crippen LogP) is 1.07. The molecular formula is C16H22N2O3. The van der Waals surface area contributed by atoms with Crippen molar-refractivity contribution in [1.29, 1.82) is 0 Å². The van der Waals surface area contributed by atoms with Crippen LogP contribution in [0.5, 0.6) is 0 Å². The number of carbonyl (C=O) groups excluding carboxylic acids is 2. The first-order valence-corrected chi connectivity index (χ1v) is 7.34. The molecule has 0 aliphatic carbocycles. The van der Waals surface area contributed by atoms with E-state index in [2.05, 4.69) is 10.6 Å². The maximum atomic E-state index is 12.1. The van der Waals surface area contributed by atoms with Crippen molar-refractivity contribution in [3.63, 3.8) is 0 Å². The van der Waals surface area contributed by atoms with Crippen LogP contribution in [0.3, 0.4) is 0 Å². The lowest BCUT2D eigenvalue weighted by Gasteiger charge is -2.24. The second-order valence-corrected chi connectivity index (χ2v) is 5.72. The molecule has 5 nitrogen and oxygen atoms in total. The highest BCUT2D eigenvalue weighted by Gasteiger charge is 2.29. The third-order valence-corrected chi connectivity index (χ3v) is 3.77. The molecule has 3 N–H and O–H groups in total. The molecule has 1 heterocycles. The second kappa shape index (κ2) is 6.72. The summed E-state index contributed by atoms with van der Waals surface area (Å²) in [6, 6.07) is 8.57. The molecule has 0 saturated carbocycles. The van der Waals surface area contributed by atoms with E-state index in [4.69, 9.17) is 0 Å². The van der Waals surface area contributed by atoms with Gasteiger partial charge in [-0.15, -0.1) is 0 Å². The van der Waals surface area contributed by atoms with Crippen molar-refractivity contribution >= 4 is 11.8 Å². The average Bonchev–Trinajstić information content (AvgIpc) is 2.64. The summed E-state index contributed by atoms with van der Waals surface area (Å²) in [4.78, 5) is 23.9. The number of carbonyl (C=O) groups is 2. The number of benzene rings is 1. The van der Waals surface area contributed by atoms with Crippen LogP contribution in [-0.2, 0) is 15.2 Å². The maximum absolute atomic E-state index is 12.1. The number of amides is 2. The van der Waals surface area contributed by atoms with E-state index in [0.29, 0.717) is 18.5 Å². The number of aliphatic hydroxyl groups is 1. The highest BCUT2D eigenvalue weighted by Crippen LogP contribution is 2.24. The number of hydrogen-bond acceptors (Lipinski definition) is 3. The molecule has 1 aliphatic rings. The van der Waals surface area contributed by atoms with Gasteiger partial charge in [-0.05, 0) is 31.7 Å². The van der Waals surface area contributed by atoms with Gasteiger partial charge in [0.1, 0.15) is 6.04 Å². The molecule has 2 amide bonds. The number of rotatable bonds is 4. The zero-order valence-corrected chi connectivity index (χ0v) is 12.3. The molecule has 5 heteroatoms. The fourth-order valence-electron chi connectivity index (χ4n) is 2.53. The summed E-state index contributed by atoms with van der Waals surface area (Å²) in [7, 11) is 0. The number of nitrogens with one attached hydrogen (secondary N) is 2. The summed E-state index contributed by atoms with van der Waals surface area (Å²) in [5.74, 6) is -0.453. The van der Waals surface area contributed by atoms with Crippen molar-refractivity contribution in [3.05, 3.63) is 35.9 Å². The summed E-state index contributed by atoms with van der Waals surface area (Å²) >= 11 is 0.